The van der Waals surface area contributed by atoms with Gasteiger partial charge in [-0.05, 0) is 42.5 Å². The van der Waals surface area contributed by atoms with Crippen molar-refractivity contribution in [3.63, 3.8) is 0 Å². The molecule has 0 amide bonds. The maximum atomic E-state index is 4.31. The van der Waals surface area contributed by atoms with Crippen LogP contribution in [-0.2, 0) is 5.41 Å². The summed E-state index contributed by atoms with van der Waals surface area (Å²) in [5.41, 5.74) is 4.99. The lowest BCUT2D eigenvalue weighted by Gasteiger charge is -2.21. The minimum atomic E-state index is 0.204. The van der Waals surface area contributed by atoms with Gasteiger partial charge in [0.25, 0.3) is 0 Å². The maximum Gasteiger partial charge on any atom is 0.0603 e. The number of aryl methyl sites for hydroxylation is 1. The first-order valence-corrected chi connectivity index (χ1v) is 7.16. The monoisotopic (exact) mass is 268 g/mol. The largest absolute Gasteiger partial charge is 0.377 e. The summed E-state index contributed by atoms with van der Waals surface area (Å²) in [5, 5.41) is 3.52. The number of aromatic nitrogens is 1. The number of hydrogen-bond donors (Lipinski definition) is 1. The molecule has 0 saturated carbocycles. The number of rotatable bonds is 3. The molecule has 2 rings (SSSR count). The van der Waals surface area contributed by atoms with Crippen molar-refractivity contribution in [3.8, 4) is 0 Å². The summed E-state index contributed by atoms with van der Waals surface area (Å²) >= 11 is 0. The third-order valence-corrected chi connectivity index (χ3v) is 3.66. The lowest BCUT2D eigenvalue weighted by molar-refractivity contribution is 0.589. The zero-order chi connectivity index (χ0) is 14.8. The van der Waals surface area contributed by atoms with Gasteiger partial charge in [-0.1, -0.05) is 45.0 Å². The summed E-state index contributed by atoms with van der Waals surface area (Å²) in [6.07, 6.45) is 1.82. The normalized spacial score (nSPS) is 13.1. The zero-order valence-electron chi connectivity index (χ0n) is 13.1. The van der Waals surface area contributed by atoms with E-state index in [0.29, 0.717) is 0 Å². The van der Waals surface area contributed by atoms with E-state index in [9.17, 15) is 0 Å². The van der Waals surface area contributed by atoms with Crippen LogP contribution in [0.2, 0.25) is 0 Å². The van der Waals surface area contributed by atoms with Crippen molar-refractivity contribution in [1.29, 1.82) is 0 Å². The molecule has 0 aliphatic rings. The average molecular weight is 268 g/mol. The molecule has 106 valence electrons. The van der Waals surface area contributed by atoms with Gasteiger partial charge in [-0.15, -0.1) is 0 Å². The van der Waals surface area contributed by atoms with Crippen molar-refractivity contribution in [3.05, 3.63) is 59.4 Å². The van der Waals surface area contributed by atoms with E-state index in [4.69, 9.17) is 0 Å². The number of benzene rings is 1. The molecule has 0 bridgehead atoms. The van der Waals surface area contributed by atoms with Crippen LogP contribution in [-0.4, -0.2) is 4.98 Å². The summed E-state index contributed by atoms with van der Waals surface area (Å²) in [6.45, 7) is 10.9. The number of nitrogens with zero attached hydrogens (tertiary/aromatic N) is 1. The van der Waals surface area contributed by atoms with Crippen molar-refractivity contribution < 1.29 is 0 Å². The first-order valence-electron chi connectivity index (χ1n) is 7.16. The Bertz CT molecular complexity index is 565. The molecule has 2 aromatic rings. The second kappa shape index (κ2) is 5.66. The summed E-state index contributed by atoms with van der Waals surface area (Å²) in [5.74, 6) is 0. The fourth-order valence-corrected chi connectivity index (χ4v) is 2.23. The highest BCUT2D eigenvalue weighted by molar-refractivity contribution is 5.48. The molecular formula is C18H24N2. The molecular weight excluding hydrogens is 244 g/mol. The van der Waals surface area contributed by atoms with Crippen LogP contribution in [0.15, 0.2) is 42.6 Å². The number of anilines is 1. The van der Waals surface area contributed by atoms with Crippen LogP contribution in [0, 0.1) is 6.92 Å². The van der Waals surface area contributed by atoms with Crippen molar-refractivity contribution >= 4 is 5.69 Å². The van der Waals surface area contributed by atoms with Crippen LogP contribution in [0.4, 0.5) is 5.69 Å². The van der Waals surface area contributed by atoms with Gasteiger partial charge in [0.2, 0.25) is 0 Å². The zero-order valence-corrected chi connectivity index (χ0v) is 13.1. The summed E-state index contributed by atoms with van der Waals surface area (Å²) in [4.78, 5) is 4.31. The minimum Gasteiger partial charge on any atom is -0.377 e. The fraction of sp³-hybridized carbons (Fsp3) is 0.389. The van der Waals surface area contributed by atoms with Crippen LogP contribution >= 0.6 is 0 Å². The van der Waals surface area contributed by atoms with E-state index in [-0.39, 0.29) is 11.5 Å². The maximum absolute atomic E-state index is 4.31. The number of hydrogen-bond acceptors (Lipinski definition) is 2. The Morgan fingerprint density at radius 1 is 1.05 bits per heavy atom. The van der Waals surface area contributed by atoms with Crippen LogP contribution in [0.3, 0.4) is 0 Å². The summed E-state index contributed by atoms with van der Waals surface area (Å²) in [6, 6.07) is 13.2. The highest BCUT2D eigenvalue weighted by Gasteiger charge is 2.14. The van der Waals surface area contributed by atoms with Gasteiger partial charge < -0.3 is 5.32 Å². The molecule has 0 spiro atoms. The first-order chi connectivity index (χ1) is 9.38. The SMILES string of the molecule is Cc1ncccc1NC(C)c1ccc(C(C)(C)C)cc1. The lowest BCUT2D eigenvalue weighted by Crippen LogP contribution is -2.12. The Morgan fingerprint density at radius 3 is 2.25 bits per heavy atom. The Balaban J connectivity index is 2.14. The highest BCUT2D eigenvalue weighted by Crippen LogP contribution is 2.25. The molecule has 0 fully saturated rings. The van der Waals surface area contributed by atoms with Crippen LogP contribution in [0.5, 0.6) is 0 Å². The Kier molecular flexibility index (Phi) is 4.12. The van der Waals surface area contributed by atoms with E-state index in [1.54, 1.807) is 0 Å². The quantitative estimate of drug-likeness (QED) is 0.859. The second-order valence-corrected chi connectivity index (χ2v) is 6.37. The Hall–Kier alpha value is -1.83. The van der Waals surface area contributed by atoms with E-state index in [1.807, 2.05) is 19.2 Å². The highest BCUT2D eigenvalue weighted by atomic mass is 14.9. The molecule has 2 heteroatoms. The average Bonchev–Trinajstić information content (AvgIpc) is 2.40. The van der Waals surface area contributed by atoms with Gasteiger partial charge in [-0.25, -0.2) is 0 Å². The van der Waals surface area contributed by atoms with Crippen molar-refractivity contribution in [2.45, 2.75) is 46.1 Å². The van der Waals surface area contributed by atoms with E-state index in [0.717, 1.165) is 11.4 Å². The molecule has 1 atom stereocenters. The fourth-order valence-electron chi connectivity index (χ4n) is 2.23. The first kappa shape index (κ1) is 14.6. The molecule has 1 aromatic carbocycles. The van der Waals surface area contributed by atoms with Crippen LogP contribution in [0.1, 0.15) is 50.6 Å². The van der Waals surface area contributed by atoms with E-state index in [2.05, 4.69) is 68.3 Å². The number of nitrogens with one attached hydrogen (secondary N) is 1. The molecule has 0 saturated heterocycles. The van der Waals surface area contributed by atoms with Gasteiger partial charge in [0.15, 0.2) is 0 Å². The topological polar surface area (TPSA) is 24.9 Å². The standard InChI is InChI=1S/C18H24N2/c1-13(20-17-7-6-12-19-14(17)2)15-8-10-16(11-9-15)18(3,4)5/h6-13,20H,1-5H3. The lowest BCUT2D eigenvalue weighted by atomic mass is 9.86. The third-order valence-electron chi connectivity index (χ3n) is 3.66. The number of pyridine rings is 1. The smallest absolute Gasteiger partial charge is 0.0603 e. The van der Waals surface area contributed by atoms with E-state index >= 15 is 0 Å². The van der Waals surface area contributed by atoms with Gasteiger partial charge in [-0.2, -0.15) is 0 Å². The molecule has 1 N–H and O–H groups in total. The minimum absolute atomic E-state index is 0.204. The van der Waals surface area contributed by atoms with Gasteiger partial charge >= 0.3 is 0 Å². The third kappa shape index (κ3) is 3.38. The van der Waals surface area contributed by atoms with E-state index in [1.165, 1.54) is 11.1 Å². The molecule has 1 aromatic heterocycles. The predicted octanol–water partition coefficient (Wildman–Crippen LogP) is 4.86. The van der Waals surface area contributed by atoms with Gasteiger partial charge in [-0.3, -0.25) is 4.98 Å². The molecule has 0 aliphatic heterocycles. The molecule has 0 radical (unpaired) electrons. The van der Waals surface area contributed by atoms with Crippen LogP contribution < -0.4 is 5.32 Å². The van der Waals surface area contributed by atoms with Gasteiger partial charge in [0, 0.05) is 12.2 Å². The van der Waals surface area contributed by atoms with Gasteiger partial charge in [0.1, 0.15) is 0 Å². The molecule has 20 heavy (non-hydrogen) atoms. The van der Waals surface area contributed by atoms with Gasteiger partial charge in [0.05, 0.1) is 11.4 Å². The summed E-state index contributed by atoms with van der Waals surface area (Å²) in [7, 11) is 0. The molecule has 2 nitrogen and oxygen atoms in total. The predicted molar refractivity (Wildman–Crippen MR) is 86.2 cm³/mol. The molecule has 1 unspecified atom stereocenters. The molecule has 1 heterocycles. The van der Waals surface area contributed by atoms with Crippen molar-refractivity contribution in [2.24, 2.45) is 0 Å². The Labute approximate surface area is 122 Å². The second-order valence-electron chi connectivity index (χ2n) is 6.37. The summed E-state index contributed by atoms with van der Waals surface area (Å²) < 4.78 is 0. The van der Waals surface area contributed by atoms with Crippen molar-refractivity contribution in [2.75, 3.05) is 5.32 Å². The van der Waals surface area contributed by atoms with Crippen LogP contribution in [0.25, 0.3) is 0 Å². The van der Waals surface area contributed by atoms with E-state index < -0.39 is 0 Å². The molecule has 0 aliphatic carbocycles. The van der Waals surface area contributed by atoms with Crippen molar-refractivity contribution in [1.82, 2.24) is 4.98 Å². The Morgan fingerprint density at radius 2 is 1.70 bits per heavy atom.